The summed E-state index contributed by atoms with van der Waals surface area (Å²) in [7, 11) is 0. The van der Waals surface area contributed by atoms with E-state index < -0.39 is 0 Å². The van der Waals surface area contributed by atoms with Crippen LogP contribution >= 0.6 is 0 Å². The average Bonchev–Trinajstić information content (AvgIpc) is 3.10. The molecular weight excluding hydrogens is 544 g/mol. The number of ether oxygens (including phenoxy) is 4. The molecule has 0 radical (unpaired) electrons. The minimum atomic E-state index is 0.468. The highest BCUT2D eigenvalue weighted by Crippen LogP contribution is 2.24. The van der Waals surface area contributed by atoms with Gasteiger partial charge in [0.2, 0.25) is 0 Å². The third kappa shape index (κ3) is 9.56. The normalized spacial score (nSPS) is 10.5. The monoisotopic (exact) mass is 582 g/mol. The molecule has 0 aromatic heterocycles. The highest BCUT2D eigenvalue weighted by molar-refractivity contribution is 5.80. The van der Waals surface area contributed by atoms with Crippen molar-refractivity contribution in [3.63, 3.8) is 0 Å². The van der Waals surface area contributed by atoms with Crippen LogP contribution in [0.5, 0.6) is 11.5 Å². The van der Waals surface area contributed by atoms with Crippen LogP contribution in [0, 0.1) is 0 Å². The van der Waals surface area contributed by atoms with Crippen LogP contribution in [0.4, 0.5) is 0 Å². The predicted octanol–water partition coefficient (Wildman–Crippen LogP) is 8.74. The van der Waals surface area contributed by atoms with Crippen molar-refractivity contribution >= 4 is 11.1 Å². The van der Waals surface area contributed by atoms with Gasteiger partial charge in [-0.1, -0.05) is 133 Å². The van der Waals surface area contributed by atoms with Crippen LogP contribution < -0.4 is 9.47 Å². The molecule has 5 aromatic rings. The molecule has 222 valence electrons. The van der Waals surface area contributed by atoms with Crippen molar-refractivity contribution in [2.24, 2.45) is 0 Å². The molecule has 0 aliphatic rings. The Balaban J connectivity index is 1.00. The second kappa shape index (κ2) is 17.3. The summed E-state index contributed by atoms with van der Waals surface area (Å²) in [6.45, 7) is 2.94. The van der Waals surface area contributed by atoms with Crippen LogP contribution in [-0.2, 0) is 9.47 Å². The van der Waals surface area contributed by atoms with Gasteiger partial charge >= 0.3 is 0 Å². The molecule has 0 saturated carbocycles. The maximum Gasteiger partial charge on any atom is 0.119 e. The Bertz CT molecular complexity index is 1360. The van der Waals surface area contributed by atoms with Gasteiger partial charge in [0.25, 0.3) is 0 Å². The first-order valence-electron chi connectivity index (χ1n) is 15.0. The fraction of sp³-hybridized carbons (Fsp3) is 0.150. The first-order valence-corrected chi connectivity index (χ1v) is 15.0. The van der Waals surface area contributed by atoms with Crippen molar-refractivity contribution in [1.82, 2.24) is 0 Å². The van der Waals surface area contributed by atoms with Crippen molar-refractivity contribution in [2.75, 3.05) is 39.6 Å². The van der Waals surface area contributed by atoms with E-state index >= 15 is 0 Å². The molecule has 0 bridgehead atoms. The maximum atomic E-state index is 5.86. The summed E-state index contributed by atoms with van der Waals surface area (Å²) < 4.78 is 23.4. The standard InChI is InChI=1S/C40H38O4/c1-5-13-33(14-6-1)39(34-15-7-2-8-16-34)25-27-41-29-31-43-37-21-23-38(24-22-37)44-32-30-42-28-26-40(35-17-9-3-10-18-35)36-19-11-4-12-20-36/h1-26H,27-32H2. The van der Waals surface area contributed by atoms with Gasteiger partial charge in [-0.05, 0) is 57.7 Å². The van der Waals surface area contributed by atoms with Gasteiger partial charge in [-0.3, -0.25) is 0 Å². The van der Waals surface area contributed by atoms with Crippen LogP contribution in [0.1, 0.15) is 22.3 Å². The predicted molar refractivity (Wildman–Crippen MR) is 179 cm³/mol. The highest BCUT2D eigenvalue weighted by Gasteiger charge is 2.05. The van der Waals surface area contributed by atoms with Crippen LogP contribution in [0.15, 0.2) is 158 Å². The Morgan fingerprint density at radius 3 is 0.955 bits per heavy atom. The van der Waals surface area contributed by atoms with Crippen molar-refractivity contribution in [1.29, 1.82) is 0 Å². The zero-order valence-corrected chi connectivity index (χ0v) is 24.9. The summed E-state index contributed by atoms with van der Waals surface area (Å²) in [5.41, 5.74) is 7.01. The number of hydrogen-bond donors (Lipinski definition) is 0. The molecule has 0 fully saturated rings. The zero-order chi connectivity index (χ0) is 30.1. The molecule has 44 heavy (non-hydrogen) atoms. The van der Waals surface area contributed by atoms with Crippen molar-refractivity contribution in [3.05, 3.63) is 180 Å². The topological polar surface area (TPSA) is 36.9 Å². The second-order valence-corrected chi connectivity index (χ2v) is 10.0. The van der Waals surface area contributed by atoms with Gasteiger partial charge in [-0.15, -0.1) is 0 Å². The van der Waals surface area contributed by atoms with Crippen molar-refractivity contribution in [2.45, 2.75) is 0 Å². The molecule has 5 aromatic carbocycles. The van der Waals surface area contributed by atoms with Crippen LogP contribution in [0.3, 0.4) is 0 Å². The van der Waals surface area contributed by atoms with E-state index in [2.05, 4.69) is 109 Å². The second-order valence-electron chi connectivity index (χ2n) is 10.0. The lowest BCUT2D eigenvalue weighted by Crippen LogP contribution is -2.08. The van der Waals surface area contributed by atoms with E-state index in [0.29, 0.717) is 39.6 Å². The lowest BCUT2D eigenvalue weighted by Gasteiger charge is -2.11. The smallest absolute Gasteiger partial charge is 0.119 e. The molecule has 0 saturated heterocycles. The van der Waals surface area contributed by atoms with Gasteiger partial charge < -0.3 is 18.9 Å². The van der Waals surface area contributed by atoms with Crippen molar-refractivity contribution < 1.29 is 18.9 Å². The Morgan fingerprint density at radius 1 is 0.364 bits per heavy atom. The van der Waals surface area contributed by atoms with Gasteiger partial charge in [0, 0.05) is 0 Å². The molecular formula is C40H38O4. The van der Waals surface area contributed by atoms with Gasteiger partial charge in [0.05, 0.1) is 26.4 Å². The van der Waals surface area contributed by atoms with E-state index in [0.717, 1.165) is 22.6 Å². The highest BCUT2D eigenvalue weighted by atomic mass is 16.5. The van der Waals surface area contributed by atoms with Gasteiger partial charge in [0.15, 0.2) is 0 Å². The van der Waals surface area contributed by atoms with E-state index in [-0.39, 0.29) is 0 Å². The minimum absolute atomic E-state index is 0.468. The first-order chi connectivity index (χ1) is 21.9. The van der Waals surface area contributed by atoms with Crippen LogP contribution in [0.2, 0.25) is 0 Å². The van der Waals surface area contributed by atoms with Crippen LogP contribution in [-0.4, -0.2) is 39.6 Å². The summed E-state index contributed by atoms with van der Waals surface area (Å²) in [5.74, 6) is 1.56. The molecule has 0 amide bonds. The quantitative estimate of drug-likeness (QED) is 0.109. The van der Waals surface area contributed by atoms with E-state index in [9.17, 15) is 0 Å². The first kappa shape index (κ1) is 30.6. The summed E-state index contributed by atoms with van der Waals surface area (Å²) in [5, 5.41) is 0. The average molecular weight is 583 g/mol. The van der Waals surface area contributed by atoms with Crippen LogP contribution in [0.25, 0.3) is 11.1 Å². The molecule has 0 heterocycles. The molecule has 0 spiro atoms. The fourth-order valence-corrected chi connectivity index (χ4v) is 4.80. The van der Waals surface area contributed by atoms with Crippen molar-refractivity contribution in [3.8, 4) is 11.5 Å². The largest absolute Gasteiger partial charge is 0.491 e. The molecule has 5 rings (SSSR count). The van der Waals surface area contributed by atoms with Gasteiger partial charge in [-0.25, -0.2) is 0 Å². The summed E-state index contributed by atoms with van der Waals surface area (Å²) in [4.78, 5) is 0. The summed E-state index contributed by atoms with van der Waals surface area (Å²) in [6, 6.07) is 49.1. The van der Waals surface area contributed by atoms with E-state index in [1.165, 1.54) is 22.3 Å². The number of benzene rings is 5. The molecule has 4 nitrogen and oxygen atoms in total. The maximum absolute atomic E-state index is 5.86. The molecule has 0 unspecified atom stereocenters. The molecule has 0 aliphatic carbocycles. The zero-order valence-electron chi connectivity index (χ0n) is 24.9. The van der Waals surface area contributed by atoms with Gasteiger partial charge in [0.1, 0.15) is 24.7 Å². The Hall–Kier alpha value is -4.90. The Morgan fingerprint density at radius 2 is 0.659 bits per heavy atom. The Kier molecular flexibility index (Phi) is 12.0. The van der Waals surface area contributed by atoms with E-state index in [1.54, 1.807) is 0 Å². The third-order valence-corrected chi connectivity index (χ3v) is 6.97. The lowest BCUT2D eigenvalue weighted by atomic mass is 9.98. The minimum Gasteiger partial charge on any atom is -0.491 e. The SMILES string of the molecule is C(COCCOc1ccc(OCCOCC=C(c2ccccc2)c2ccccc2)cc1)=C(c1ccccc1)c1ccccc1. The summed E-state index contributed by atoms with van der Waals surface area (Å²) >= 11 is 0. The molecule has 4 heteroatoms. The summed E-state index contributed by atoms with van der Waals surface area (Å²) in [6.07, 6.45) is 4.25. The third-order valence-electron chi connectivity index (χ3n) is 6.97. The van der Waals surface area contributed by atoms with Gasteiger partial charge in [-0.2, -0.15) is 0 Å². The number of rotatable bonds is 16. The Labute approximate surface area is 260 Å². The lowest BCUT2D eigenvalue weighted by molar-refractivity contribution is 0.119. The number of hydrogen-bond acceptors (Lipinski definition) is 4. The molecule has 0 aliphatic heterocycles. The van der Waals surface area contributed by atoms with E-state index in [1.807, 2.05) is 48.5 Å². The molecule has 0 atom stereocenters. The van der Waals surface area contributed by atoms with E-state index in [4.69, 9.17) is 18.9 Å². The fourth-order valence-electron chi connectivity index (χ4n) is 4.80. The molecule has 0 N–H and O–H groups in total.